The second-order valence-corrected chi connectivity index (χ2v) is 28.5. The van der Waals surface area contributed by atoms with Crippen LogP contribution < -0.4 is 0 Å². The fraction of sp³-hybridized carbons (Fsp3) is 0.0202. The van der Waals surface area contributed by atoms with Crippen LogP contribution in [0.1, 0.15) is 16.7 Å². The van der Waals surface area contributed by atoms with E-state index in [1.54, 1.807) is 33.4 Å². The van der Waals surface area contributed by atoms with Crippen LogP contribution in [0.2, 0.25) is 0 Å². The van der Waals surface area contributed by atoms with Gasteiger partial charge in [-0.05, 0) is 48.5 Å². The number of alkyl halides is 6. The van der Waals surface area contributed by atoms with Crippen LogP contribution in [-0.2, 0) is 12.4 Å². The van der Waals surface area contributed by atoms with Crippen molar-refractivity contribution in [1.82, 2.24) is 68.9 Å². The maximum atomic E-state index is 17.1. The highest BCUT2D eigenvalue weighted by atomic mass is 19.4. The topological polar surface area (TPSA) is 188 Å². The highest BCUT2D eigenvalue weighted by Gasteiger charge is 2.43. The van der Waals surface area contributed by atoms with Gasteiger partial charge >= 0.3 is 12.4 Å². The Morgan fingerprint density at radius 3 is 0.583 bits per heavy atom. The fourth-order valence-electron chi connectivity index (χ4n) is 15.4. The summed E-state index contributed by atoms with van der Waals surface area (Å²) in [7, 11) is 0. The van der Waals surface area contributed by atoms with E-state index >= 15 is 26.3 Å². The molecule has 0 aliphatic heterocycles. The highest BCUT2D eigenvalue weighted by Crippen LogP contribution is 2.52. The number of fused-ring (bicyclic) bond motifs is 6. The molecule has 0 amide bonds. The smallest absolute Gasteiger partial charge is 0.308 e. The third kappa shape index (κ3) is 13.6. The minimum absolute atomic E-state index is 0.170. The molecule has 0 saturated carbocycles. The first-order valence-corrected chi connectivity index (χ1v) is 38.2. The Morgan fingerprint density at radius 1 is 0.208 bits per heavy atom. The summed E-state index contributed by atoms with van der Waals surface area (Å²) in [4.78, 5) is 60.9. The molecule has 0 fully saturated rings. The van der Waals surface area contributed by atoms with Gasteiger partial charge in [-0.15, -0.1) is 0 Å². The molecule has 0 bridgehead atoms. The van der Waals surface area contributed by atoms with E-state index in [0.29, 0.717) is 147 Å². The van der Waals surface area contributed by atoms with E-state index in [1.807, 2.05) is 291 Å². The molecule has 0 unspecified atom stereocenters. The molecule has 21 heteroatoms. The van der Waals surface area contributed by atoms with Crippen molar-refractivity contribution in [3.05, 3.63) is 362 Å². The van der Waals surface area contributed by atoms with Crippen molar-refractivity contribution in [2.24, 2.45) is 0 Å². The normalized spacial score (nSPS) is 11.7. The van der Waals surface area contributed by atoms with Crippen LogP contribution in [0, 0.1) is 11.3 Å². The van der Waals surface area contributed by atoms with Crippen molar-refractivity contribution in [3.8, 4) is 165 Å². The Labute approximate surface area is 680 Å². The van der Waals surface area contributed by atoms with Crippen LogP contribution in [0.5, 0.6) is 0 Å². The fourth-order valence-corrected chi connectivity index (χ4v) is 15.4. The molecule has 570 valence electrons. The zero-order valence-corrected chi connectivity index (χ0v) is 62.9. The molecule has 0 saturated heterocycles. The molecule has 6 heterocycles. The van der Waals surface area contributed by atoms with E-state index < -0.39 is 34.6 Å². The molecule has 120 heavy (non-hydrogen) atoms. The molecule has 0 radical (unpaired) electrons. The van der Waals surface area contributed by atoms with Crippen molar-refractivity contribution in [2.45, 2.75) is 12.4 Å². The third-order valence-corrected chi connectivity index (χ3v) is 21.0. The monoisotopic (exact) mass is 1570 g/mol. The van der Waals surface area contributed by atoms with Crippen molar-refractivity contribution < 1.29 is 26.3 Å². The number of aromatic nitrogens is 14. The lowest BCUT2D eigenvalue weighted by Gasteiger charge is -2.25. The van der Waals surface area contributed by atoms with Gasteiger partial charge in [0, 0.05) is 99.4 Å². The van der Waals surface area contributed by atoms with Crippen LogP contribution >= 0.6 is 0 Å². The average Bonchev–Trinajstić information content (AvgIpc) is 1.50. The Morgan fingerprint density at radius 2 is 0.400 bits per heavy atom. The number of nitriles is 1. The zero-order valence-electron chi connectivity index (χ0n) is 62.9. The summed E-state index contributed by atoms with van der Waals surface area (Å²) < 4.78 is 106. The van der Waals surface area contributed by atoms with E-state index in [0.717, 1.165) is 6.07 Å². The van der Waals surface area contributed by atoms with Crippen molar-refractivity contribution >= 4 is 43.6 Å². The van der Waals surface area contributed by atoms with Crippen molar-refractivity contribution in [2.75, 3.05) is 0 Å². The highest BCUT2D eigenvalue weighted by molar-refractivity contribution is 6.14. The predicted octanol–water partition coefficient (Wildman–Crippen LogP) is 24.2. The summed E-state index contributed by atoms with van der Waals surface area (Å²) in [6.45, 7) is 0. The van der Waals surface area contributed by atoms with Crippen LogP contribution in [0.4, 0.5) is 26.3 Å². The van der Waals surface area contributed by atoms with E-state index in [-0.39, 0.29) is 62.3 Å². The van der Waals surface area contributed by atoms with E-state index in [4.69, 9.17) is 59.8 Å². The molecule has 6 aromatic heterocycles. The van der Waals surface area contributed by atoms with E-state index in [1.165, 1.54) is 12.1 Å². The largest absolute Gasteiger partial charge is 0.417 e. The van der Waals surface area contributed by atoms with Gasteiger partial charge in [-0.25, -0.2) is 59.8 Å². The predicted molar refractivity (Wildman–Crippen MR) is 454 cm³/mol. The number of benzene rings is 14. The van der Waals surface area contributed by atoms with Gasteiger partial charge in [0.05, 0.1) is 56.2 Å². The molecular formula is C99H57F6N15. The molecular weight excluding hydrogens is 1510 g/mol. The quantitative estimate of drug-likeness (QED) is 0.0883. The minimum atomic E-state index is -5.49. The lowest BCUT2D eigenvalue weighted by Crippen LogP contribution is -2.16. The Hall–Kier alpha value is -16.2. The van der Waals surface area contributed by atoms with Gasteiger partial charge in [0.25, 0.3) is 0 Å². The van der Waals surface area contributed by atoms with Gasteiger partial charge in [-0.2, -0.15) is 31.6 Å². The van der Waals surface area contributed by atoms with Crippen LogP contribution in [0.3, 0.4) is 0 Å². The maximum absolute atomic E-state index is 17.1. The van der Waals surface area contributed by atoms with E-state index in [2.05, 4.69) is 6.07 Å². The number of hydrogen-bond acceptors (Lipinski definition) is 13. The molecule has 20 rings (SSSR count). The molecule has 14 aromatic carbocycles. The molecule has 0 N–H and O–H groups in total. The molecule has 0 atom stereocenters. The SMILES string of the molecule is N#Cc1cc(-n2c3cc(-c4nc(-c5ccccc5)nc(-c5ccccc5)n4)ccc3c3ccc(-c4nc(-c5ccccc5)nc(-c5ccccc5)n4)cc32)c(-c2c(C(F)(F)F)cccc2C(F)(F)F)c(-n2c3cc(-c4nc(-c5ccccc5)nc(-c5ccccc5)n4)ccc3c3ccc(-c4nc(-c5ccccc5)nc(-c5ccccc5)n4)cc32)c1. The van der Waals surface area contributed by atoms with Gasteiger partial charge < -0.3 is 9.13 Å². The zero-order chi connectivity index (χ0) is 81.2. The van der Waals surface area contributed by atoms with Crippen molar-refractivity contribution in [1.29, 1.82) is 5.26 Å². The summed E-state index contributed by atoms with van der Waals surface area (Å²) in [5.41, 5.74) is 1.93. The molecule has 0 spiro atoms. The Kier molecular flexibility index (Phi) is 18.1. The molecule has 20 aromatic rings. The van der Waals surface area contributed by atoms with E-state index in [9.17, 15) is 5.26 Å². The summed E-state index contributed by atoms with van der Waals surface area (Å²) >= 11 is 0. The van der Waals surface area contributed by atoms with Gasteiger partial charge in [0.2, 0.25) is 0 Å². The maximum Gasteiger partial charge on any atom is 0.417 e. The molecule has 0 aliphatic carbocycles. The van der Waals surface area contributed by atoms with Crippen LogP contribution in [-0.4, -0.2) is 68.9 Å². The van der Waals surface area contributed by atoms with Gasteiger partial charge in [-0.3, -0.25) is 0 Å². The van der Waals surface area contributed by atoms with Crippen molar-refractivity contribution in [3.63, 3.8) is 0 Å². The average molecular weight is 1570 g/mol. The van der Waals surface area contributed by atoms with Crippen LogP contribution in [0.25, 0.3) is 203 Å². The summed E-state index contributed by atoms with van der Waals surface area (Å²) in [5, 5.41) is 13.9. The third-order valence-electron chi connectivity index (χ3n) is 21.0. The Balaban J connectivity index is 0.941. The van der Waals surface area contributed by atoms with Gasteiger partial charge in [0.1, 0.15) is 0 Å². The van der Waals surface area contributed by atoms with Gasteiger partial charge in [0.15, 0.2) is 69.9 Å². The minimum Gasteiger partial charge on any atom is -0.308 e. The number of halogens is 6. The number of nitrogens with zero attached hydrogens (tertiary/aromatic N) is 15. The summed E-state index contributed by atoms with van der Waals surface area (Å²) in [5.74, 6) is 3.21. The Bertz CT molecular complexity index is 6390. The molecule has 15 nitrogen and oxygen atoms in total. The standard InChI is InChI=1S/C99H57F6N15/c100-98(101,102)76-42-25-43-77(99(103,104)105)84(76)85-82(119-78-54-68(94-111-86(60-26-9-1-10-27-60)107-87(112-94)61-28-11-2-12-29-61)44-48-72(78)73-49-45-69(55-79(73)119)95-113-88(62-30-13-3-14-31-62)108-89(114-95)63-32-15-4-16-33-63)52-59(58-106)53-83(85)120-80-56-70(96-115-90(64-34-17-5-18-35-64)109-91(116-96)65-36-19-6-20-37-65)46-50-74(80)75-51-47-71(57-81(75)120)97-117-92(66-38-21-7-22-39-66)110-93(118-97)67-40-23-8-24-41-67/h1-57H. The number of hydrogen-bond donors (Lipinski definition) is 0. The van der Waals surface area contributed by atoms with Crippen LogP contribution in [0.15, 0.2) is 346 Å². The summed E-state index contributed by atoms with van der Waals surface area (Å²) in [6.07, 6.45) is -11.0. The summed E-state index contributed by atoms with van der Waals surface area (Å²) in [6, 6.07) is 103. The van der Waals surface area contributed by atoms with Gasteiger partial charge in [-0.1, -0.05) is 297 Å². The number of rotatable bonds is 15. The second kappa shape index (κ2) is 29.9. The second-order valence-electron chi connectivity index (χ2n) is 28.5. The lowest BCUT2D eigenvalue weighted by molar-refractivity contribution is -0.142. The first kappa shape index (κ1) is 72.7. The lowest BCUT2D eigenvalue weighted by atomic mass is 9.89. The molecule has 0 aliphatic rings. The first-order chi connectivity index (χ1) is 58.7. The first-order valence-electron chi connectivity index (χ1n) is 38.2.